The molecule has 0 unspecified atom stereocenters. The lowest BCUT2D eigenvalue weighted by atomic mass is 10.0. The second-order valence-electron chi connectivity index (χ2n) is 6.15. The van der Waals surface area contributed by atoms with E-state index < -0.39 is 6.48 Å². The second-order valence-corrected chi connectivity index (χ2v) is 6.15. The highest BCUT2D eigenvalue weighted by molar-refractivity contribution is 5.33. The molecule has 0 bridgehead atoms. The molecule has 0 aliphatic heterocycles. The Kier molecular flexibility index (Phi) is 12.5. The van der Waals surface area contributed by atoms with Gasteiger partial charge in [0.15, 0.2) is 0 Å². The van der Waals surface area contributed by atoms with E-state index in [1.54, 1.807) is 0 Å². The summed E-state index contributed by atoms with van der Waals surface area (Å²) >= 11 is 0. The quantitative estimate of drug-likeness (QED) is 0.286. The largest absolute Gasteiger partial charge is 0.441 e. The third-order valence-corrected chi connectivity index (χ3v) is 4.10. The number of benzene rings is 1. The van der Waals surface area contributed by atoms with Crippen LogP contribution in [-0.2, 0) is 15.9 Å². The molecule has 0 spiro atoms. The molecular formula is C21H36O3. The minimum absolute atomic E-state index is 0.574. The summed E-state index contributed by atoms with van der Waals surface area (Å²) in [5.41, 5.74) is 1.24. The van der Waals surface area contributed by atoms with Gasteiger partial charge in [-0.3, -0.25) is 0 Å². The molecule has 138 valence electrons. The monoisotopic (exact) mass is 336 g/mol. The molecule has 0 aromatic heterocycles. The summed E-state index contributed by atoms with van der Waals surface area (Å²) in [6, 6.07) is 8.22. The molecule has 24 heavy (non-hydrogen) atoms. The van der Waals surface area contributed by atoms with E-state index >= 15 is 0 Å². The molecule has 0 heterocycles. The Balaban J connectivity index is 2.34. The average molecular weight is 337 g/mol. The fraction of sp³-hybridized carbons (Fsp3) is 0.714. The van der Waals surface area contributed by atoms with Gasteiger partial charge >= 0.3 is 6.48 Å². The van der Waals surface area contributed by atoms with E-state index in [1.165, 1.54) is 56.9 Å². The van der Waals surface area contributed by atoms with Crippen LogP contribution in [-0.4, -0.2) is 19.7 Å². The Morgan fingerprint density at radius 1 is 0.750 bits per heavy atom. The van der Waals surface area contributed by atoms with Crippen molar-refractivity contribution in [2.24, 2.45) is 0 Å². The maximum absolute atomic E-state index is 5.90. The molecule has 0 saturated carbocycles. The topological polar surface area (TPSA) is 27.7 Å². The molecule has 1 aromatic rings. The van der Waals surface area contributed by atoms with Gasteiger partial charge in [0.25, 0.3) is 0 Å². The van der Waals surface area contributed by atoms with Crippen molar-refractivity contribution in [3.05, 3.63) is 29.8 Å². The van der Waals surface area contributed by atoms with E-state index in [0.717, 1.165) is 12.2 Å². The molecule has 0 radical (unpaired) electrons. The molecule has 1 rings (SSSR count). The lowest BCUT2D eigenvalue weighted by Crippen LogP contribution is -2.24. The highest BCUT2D eigenvalue weighted by Crippen LogP contribution is 2.22. The van der Waals surface area contributed by atoms with Gasteiger partial charge in [-0.05, 0) is 38.3 Å². The number of para-hydroxylation sites is 1. The van der Waals surface area contributed by atoms with E-state index in [4.69, 9.17) is 14.2 Å². The molecule has 0 amide bonds. The summed E-state index contributed by atoms with van der Waals surface area (Å²) in [5, 5.41) is 0. The van der Waals surface area contributed by atoms with Crippen LogP contribution in [0.1, 0.15) is 77.7 Å². The summed E-state index contributed by atoms with van der Waals surface area (Å²) in [6.07, 6.45) is 11.7. The first-order valence-electron chi connectivity index (χ1n) is 9.79. The van der Waals surface area contributed by atoms with E-state index in [2.05, 4.69) is 19.1 Å². The van der Waals surface area contributed by atoms with Crippen LogP contribution in [0.3, 0.4) is 0 Å². The lowest BCUT2D eigenvalue weighted by molar-refractivity contribution is -0.242. The van der Waals surface area contributed by atoms with Crippen molar-refractivity contribution in [1.82, 2.24) is 0 Å². The summed E-state index contributed by atoms with van der Waals surface area (Å²) in [6.45, 7) is 6.69. The smallest absolute Gasteiger partial charge is 0.315 e. The Labute approximate surface area is 148 Å². The van der Waals surface area contributed by atoms with E-state index in [1.807, 2.05) is 26.0 Å². The van der Waals surface area contributed by atoms with Crippen molar-refractivity contribution >= 4 is 0 Å². The van der Waals surface area contributed by atoms with Gasteiger partial charge in [0.2, 0.25) is 0 Å². The molecule has 0 aliphatic rings. The zero-order valence-electron chi connectivity index (χ0n) is 15.9. The van der Waals surface area contributed by atoms with Crippen molar-refractivity contribution in [2.45, 2.75) is 85.0 Å². The highest BCUT2D eigenvalue weighted by atomic mass is 16.8. The van der Waals surface area contributed by atoms with Crippen molar-refractivity contribution in [1.29, 1.82) is 0 Å². The summed E-state index contributed by atoms with van der Waals surface area (Å²) < 4.78 is 16.9. The lowest BCUT2D eigenvalue weighted by Gasteiger charge is -2.20. The van der Waals surface area contributed by atoms with Crippen LogP contribution in [0.25, 0.3) is 0 Å². The molecule has 0 saturated heterocycles. The number of ether oxygens (including phenoxy) is 3. The first kappa shape index (κ1) is 21.0. The SMILES string of the molecule is CCCCCCCCCCc1ccccc1OC(OCC)OCC. The first-order valence-corrected chi connectivity index (χ1v) is 9.79. The molecule has 1 aromatic carbocycles. The van der Waals surface area contributed by atoms with E-state index in [9.17, 15) is 0 Å². The van der Waals surface area contributed by atoms with Crippen molar-refractivity contribution in [3.8, 4) is 5.75 Å². The van der Waals surface area contributed by atoms with Crippen LogP contribution in [0.15, 0.2) is 24.3 Å². The standard InChI is InChI=1S/C21H36O3/c1-4-7-8-9-10-11-12-13-16-19-17-14-15-18-20(19)24-21(22-5-2)23-6-3/h14-15,17-18,21H,4-13,16H2,1-3H3. The van der Waals surface area contributed by atoms with Gasteiger partial charge in [0.05, 0.1) is 13.2 Å². The van der Waals surface area contributed by atoms with Gasteiger partial charge in [-0.15, -0.1) is 0 Å². The Morgan fingerprint density at radius 3 is 1.96 bits per heavy atom. The van der Waals surface area contributed by atoms with Crippen molar-refractivity contribution in [2.75, 3.05) is 13.2 Å². The molecular weight excluding hydrogens is 300 g/mol. The van der Waals surface area contributed by atoms with Crippen molar-refractivity contribution in [3.63, 3.8) is 0 Å². The predicted octanol–water partition coefficient (Wildman–Crippen LogP) is 6.11. The maximum atomic E-state index is 5.90. The fourth-order valence-corrected chi connectivity index (χ4v) is 2.77. The van der Waals surface area contributed by atoms with Gasteiger partial charge in [-0.1, -0.05) is 70.1 Å². The molecule has 0 atom stereocenters. The number of rotatable bonds is 15. The van der Waals surface area contributed by atoms with Crippen LogP contribution in [0.5, 0.6) is 5.75 Å². The summed E-state index contributed by atoms with van der Waals surface area (Å²) in [4.78, 5) is 0. The minimum atomic E-state index is -0.611. The van der Waals surface area contributed by atoms with Crippen molar-refractivity contribution < 1.29 is 14.2 Å². The molecule has 0 fully saturated rings. The number of hydrogen-bond donors (Lipinski definition) is 0. The summed E-state index contributed by atoms with van der Waals surface area (Å²) in [5.74, 6) is 0.882. The molecule has 0 aliphatic carbocycles. The normalized spacial score (nSPS) is 11.2. The van der Waals surface area contributed by atoms with Gasteiger partial charge in [-0.25, -0.2) is 0 Å². The second kappa shape index (κ2) is 14.3. The van der Waals surface area contributed by atoms with Gasteiger partial charge in [-0.2, -0.15) is 0 Å². The van der Waals surface area contributed by atoms with Crippen LogP contribution in [0.2, 0.25) is 0 Å². The molecule has 3 nitrogen and oxygen atoms in total. The Morgan fingerprint density at radius 2 is 1.33 bits per heavy atom. The maximum Gasteiger partial charge on any atom is 0.315 e. The van der Waals surface area contributed by atoms with Crippen LogP contribution >= 0.6 is 0 Å². The van der Waals surface area contributed by atoms with Crippen LogP contribution in [0.4, 0.5) is 0 Å². The van der Waals surface area contributed by atoms with Gasteiger partial charge in [0, 0.05) is 0 Å². The predicted molar refractivity (Wildman–Crippen MR) is 100 cm³/mol. The number of unbranched alkanes of at least 4 members (excludes halogenated alkanes) is 7. The third kappa shape index (κ3) is 9.29. The fourth-order valence-electron chi connectivity index (χ4n) is 2.77. The summed E-state index contributed by atoms with van der Waals surface area (Å²) in [7, 11) is 0. The minimum Gasteiger partial charge on any atom is -0.441 e. The Bertz CT molecular complexity index is 400. The molecule has 3 heteroatoms. The average Bonchev–Trinajstić information content (AvgIpc) is 2.59. The third-order valence-electron chi connectivity index (χ3n) is 4.10. The van der Waals surface area contributed by atoms with E-state index in [0.29, 0.717) is 13.2 Å². The zero-order chi connectivity index (χ0) is 17.5. The number of hydrogen-bond acceptors (Lipinski definition) is 3. The van der Waals surface area contributed by atoms with Crippen LogP contribution in [0, 0.1) is 0 Å². The zero-order valence-corrected chi connectivity index (χ0v) is 15.9. The van der Waals surface area contributed by atoms with E-state index in [-0.39, 0.29) is 0 Å². The van der Waals surface area contributed by atoms with Gasteiger partial charge < -0.3 is 14.2 Å². The number of aryl methyl sites for hydroxylation is 1. The molecule has 0 N–H and O–H groups in total. The first-order chi connectivity index (χ1) is 11.8. The van der Waals surface area contributed by atoms with Crippen LogP contribution < -0.4 is 4.74 Å². The highest BCUT2D eigenvalue weighted by Gasteiger charge is 2.12. The Hall–Kier alpha value is -1.06. The van der Waals surface area contributed by atoms with Gasteiger partial charge in [0.1, 0.15) is 5.75 Å².